The minimum absolute atomic E-state index is 0.00560. The van der Waals surface area contributed by atoms with Crippen LogP contribution in [0.25, 0.3) is 0 Å². The van der Waals surface area contributed by atoms with Crippen LogP contribution in [0.4, 0.5) is 13.2 Å². The van der Waals surface area contributed by atoms with Crippen LogP contribution in [0.15, 0.2) is 16.6 Å². The largest absolute Gasteiger partial charge is 0.390 e. The molecule has 2 rings (SSSR count). The Bertz CT molecular complexity index is 889. The lowest BCUT2D eigenvalue weighted by molar-refractivity contribution is -0.136. The summed E-state index contributed by atoms with van der Waals surface area (Å²) in [6.07, 6.45) is -4.69. The van der Waals surface area contributed by atoms with Gasteiger partial charge < -0.3 is 4.57 Å². The molecule has 0 saturated carbocycles. The minimum Gasteiger partial charge on any atom is -0.321 e. The van der Waals surface area contributed by atoms with Crippen LogP contribution in [0, 0.1) is 0 Å². The molecule has 14 heteroatoms. The van der Waals surface area contributed by atoms with Crippen molar-refractivity contribution in [1.82, 2.24) is 14.3 Å². The molecule has 2 heterocycles. The Morgan fingerprint density at radius 3 is 2.48 bits per heavy atom. The van der Waals surface area contributed by atoms with Crippen molar-refractivity contribution < 1.29 is 26.4 Å². The summed E-state index contributed by atoms with van der Waals surface area (Å²) in [7, 11) is -4.29. The van der Waals surface area contributed by atoms with E-state index in [0.717, 1.165) is 17.0 Å². The highest BCUT2D eigenvalue weighted by Gasteiger charge is 2.29. The number of halogens is 6. The van der Waals surface area contributed by atoms with Crippen molar-refractivity contribution >= 4 is 62.1 Å². The number of amides is 1. The standard InChI is InChI=1S/C11H7Cl3F3N3O3S2/c12-5-3-6(24-9(5)14)25(22,23)19-10(21)7-8(13)20(4-18-7)2-1-11(15,16)17/h3-4H,1-2H2,(H,19,21). The summed E-state index contributed by atoms with van der Waals surface area (Å²) in [5.41, 5.74) is -0.527. The predicted molar refractivity (Wildman–Crippen MR) is 86.9 cm³/mol. The molecule has 0 radical (unpaired) electrons. The first-order valence-corrected chi connectivity index (χ1v) is 9.63. The van der Waals surface area contributed by atoms with Gasteiger partial charge in [0, 0.05) is 6.54 Å². The van der Waals surface area contributed by atoms with Gasteiger partial charge in [0.15, 0.2) is 5.69 Å². The monoisotopic (exact) mass is 455 g/mol. The highest BCUT2D eigenvalue weighted by molar-refractivity contribution is 7.92. The van der Waals surface area contributed by atoms with Gasteiger partial charge in [0.05, 0.1) is 17.8 Å². The maximum absolute atomic E-state index is 12.2. The number of carbonyl (C=O) groups excluding carboxylic acids is 1. The van der Waals surface area contributed by atoms with E-state index in [2.05, 4.69) is 4.98 Å². The molecule has 0 atom stereocenters. The van der Waals surface area contributed by atoms with E-state index in [1.54, 1.807) is 4.72 Å². The van der Waals surface area contributed by atoms with E-state index in [9.17, 15) is 26.4 Å². The number of alkyl halides is 3. The molecule has 1 N–H and O–H groups in total. The first-order chi connectivity index (χ1) is 11.4. The fraction of sp³-hybridized carbons (Fsp3) is 0.273. The summed E-state index contributed by atoms with van der Waals surface area (Å²) >= 11 is 17.7. The number of hydrogen-bond acceptors (Lipinski definition) is 5. The summed E-state index contributed by atoms with van der Waals surface area (Å²) in [5.74, 6) is -1.20. The van der Waals surface area contributed by atoms with Crippen molar-refractivity contribution in [2.75, 3.05) is 0 Å². The van der Waals surface area contributed by atoms with E-state index in [0.29, 0.717) is 11.3 Å². The van der Waals surface area contributed by atoms with Gasteiger partial charge in [0.25, 0.3) is 15.9 Å². The number of nitrogens with zero attached hydrogens (tertiary/aromatic N) is 2. The van der Waals surface area contributed by atoms with Crippen LogP contribution in [0.1, 0.15) is 16.9 Å². The average Bonchev–Trinajstić information content (AvgIpc) is 2.99. The topological polar surface area (TPSA) is 81.1 Å². The van der Waals surface area contributed by atoms with Crippen LogP contribution >= 0.6 is 46.1 Å². The number of nitrogens with one attached hydrogen (secondary N) is 1. The maximum atomic E-state index is 12.2. The highest BCUT2D eigenvalue weighted by atomic mass is 35.5. The van der Waals surface area contributed by atoms with E-state index >= 15 is 0 Å². The molecule has 2 aromatic heterocycles. The molecule has 0 bridgehead atoms. The van der Waals surface area contributed by atoms with Crippen molar-refractivity contribution in [2.45, 2.75) is 23.4 Å². The van der Waals surface area contributed by atoms with Gasteiger partial charge >= 0.3 is 6.18 Å². The Balaban J connectivity index is 2.17. The average molecular weight is 457 g/mol. The van der Waals surface area contributed by atoms with Gasteiger partial charge in [-0.3, -0.25) is 4.79 Å². The molecule has 0 unspecified atom stereocenters. The third kappa shape index (κ3) is 5.00. The van der Waals surface area contributed by atoms with Gasteiger partial charge in [-0.1, -0.05) is 34.8 Å². The Hall–Kier alpha value is -1.01. The summed E-state index contributed by atoms with van der Waals surface area (Å²) in [6, 6.07) is 1.05. The smallest absolute Gasteiger partial charge is 0.321 e. The Labute approximate surface area is 158 Å². The molecule has 0 spiro atoms. The lowest BCUT2D eigenvalue weighted by atomic mass is 10.4. The zero-order valence-corrected chi connectivity index (χ0v) is 15.7. The third-order valence-electron chi connectivity index (χ3n) is 2.74. The molecule has 0 saturated heterocycles. The van der Waals surface area contributed by atoms with Gasteiger partial charge in [-0.2, -0.15) is 13.2 Å². The first kappa shape index (κ1) is 20.3. The number of aryl methyl sites for hydroxylation is 1. The van der Waals surface area contributed by atoms with Gasteiger partial charge in [-0.15, -0.1) is 11.3 Å². The number of sulfonamides is 1. The quantitative estimate of drug-likeness (QED) is 0.738. The zero-order chi connectivity index (χ0) is 19.0. The van der Waals surface area contributed by atoms with Gasteiger partial charge in [-0.05, 0) is 6.07 Å². The molecule has 0 aliphatic rings. The molecule has 6 nitrogen and oxygen atoms in total. The molecule has 138 valence electrons. The van der Waals surface area contributed by atoms with Crippen molar-refractivity contribution in [3.05, 3.63) is 32.6 Å². The van der Waals surface area contributed by atoms with Crippen molar-refractivity contribution in [2.24, 2.45) is 0 Å². The number of carbonyl (C=O) groups is 1. The molecule has 0 aliphatic heterocycles. The summed E-state index contributed by atoms with van der Waals surface area (Å²) < 4.78 is 63.2. The van der Waals surface area contributed by atoms with E-state index in [1.165, 1.54) is 0 Å². The van der Waals surface area contributed by atoms with Crippen molar-refractivity contribution in [3.8, 4) is 0 Å². The second-order valence-corrected chi connectivity index (χ2v) is 8.89. The second-order valence-electron chi connectivity index (χ2n) is 4.56. The first-order valence-electron chi connectivity index (χ1n) is 6.20. The molecule has 1 amide bonds. The Morgan fingerprint density at radius 2 is 1.96 bits per heavy atom. The van der Waals surface area contributed by atoms with E-state index in [1.807, 2.05) is 0 Å². The molecule has 0 aliphatic carbocycles. The lowest BCUT2D eigenvalue weighted by Gasteiger charge is -2.07. The van der Waals surface area contributed by atoms with Crippen LogP contribution in [0.5, 0.6) is 0 Å². The third-order valence-corrected chi connectivity index (χ3v) is 6.81. The SMILES string of the molecule is O=C(NS(=O)(=O)c1cc(Cl)c(Cl)s1)c1ncn(CCC(F)(F)F)c1Cl. The molecule has 0 aromatic carbocycles. The maximum Gasteiger partial charge on any atom is 0.390 e. The Kier molecular flexibility index (Phi) is 5.94. The normalized spacial score (nSPS) is 12.4. The summed E-state index contributed by atoms with van der Waals surface area (Å²) in [4.78, 5) is 15.6. The number of imidazole rings is 1. The second kappa shape index (κ2) is 7.31. The number of rotatable bonds is 5. The van der Waals surface area contributed by atoms with Gasteiger partial charge in [-0.25, -0.2) is 18.1 Å². The molecule has 0 fully saturated rings. The van der Waals surface area contributed by atoms with E-state index in [-0.39, 0.29) is 13.6 Å². The number of thiophene rings is 1. The predicted octanol–water partition coefficient (Wildman–Crippen LogP) is 3.98. The van der Waals surface area contributed by atoms with Crippen LogP contribution in [-0.4, -0.2) is 30.1 Å². The summed E-state index contributed by atoms with van der Waals surface area (Å²) in [6.45, 7) is -0.564. The van der Waals surface area contributed by atoms with Crippen LogP contribution in [0.2, 0.25) is 14.5 Å². The molecule has 2 aromatic rings. The Morgan fingerprint density at radius 1 is 1.32 bits per heavy atom. The lowest BCUT2D eigenvalue weighted by Crippen LogP contribution is -2.30. The number of hydrogen-bond donors (Lipinski definition) is 1. The van der Waals surface area contributed by atoms with Crippen LogP contribution in [0.3, 0.4) is 0 Å². The minimum atomic E-state index is -4.42. The fourth-order valence-electron chi connectivity index (χ4n) is 1.60. The van der Waals surface area contributed by atoms with Crippen LogP contribution < -0.4 is 4.72 Å². The highest BCUT2D eigenvalue weighted by Crippen LogP contribution is 2.34. The van der Waals surface area contributed by atoms with Crippen LogP contribution in [-0.2, 0) is 16.6 Å². The fourth-order valence-corrected chi connectivity index (χ4v) is 4.70. The summed E-state index contributed by atoms with van der Waals surface area (Å²) in [5, 5.41) is -0.423. The van der Waals surface area contributed by atoms with Gasteiger partial charge in [0.1, 0.15) is 13.7 Å². The zero-order valence-electron chi connectivity index (χ0n) is 11.8. The van der Waals surface area contributed by atoms with Crippen molar-refractivity contribution in [3.63, 3.8) is 0 Å². The molecular weight excluding hydrogens is 450 g/mol. The van der Waals surface area contributed by atoms with E-state index in [4.69, 9.17) is 34.8 Å². The molecule has 25 heavy (non-hydrogen) atoms. The van der Waals surface area contributed by atoms with Crippen molar-refractivity contribution in [1.29, 1.82) is 0 Å². The van der Waals surface area contributed by atoms with E-state index < -0.39 is 45.9 Å². The number of aromatic nitrogens is 2. The molecular formula is C11H7Cl3F3N3O3S2. The van der Waals surface area contributed by atoms with Gasteiger partial charge in [0.2, 0.25) is 0 Å².